The predicted octanol–water partition coefficient (Wildman–Crippen LogP) is 5.68. The summed E-state index contributed by atoms with van der Waals surface area (Å²) in [5.41, 5.74) is 0.771. The number of hydrogen-bond acceptors (Lipinski definition) is 3. The third-order valence-electron chi connectivity index (χ3n) is 4.16. The zero-order chi connectivity index (χ0) is 19.7. The minimum absolute atomic E-state index is 0.0619. The highest BCUT2D eigenvalue weighted by Gasteiger charge is 2.14. The molecule has 0 fully saturated rings. The fourth-order valence-corrected chi connectivity index (χ4v) is 2.84. The van der Waals surface area contributed by atoms with E-state index in [0.717, 1.165) is 0 Å². The molecule has 0 amide bonds. The monoisotopic (exact) mass is 380 g/mol. The van der Waals surface area contributed by atoms with E-state index in [0.29, 0.717) is 22.5 Å². The van der Waals surface area contributed by atoms with Crippen LogP contribution in [0.2, 0.25) is 0 Å². The Labute approximate surface area is 158 Å². The van der Waals surface area contributed by atoms with Crippen molar-refractivity contribution in [3.63, 3.8) is 0 Å². The summed E-state index contributed by atoms with van der Waals surface area (Å²) in [7, 11) is 0. The molecule has 7 heteroatoms. The van der Waals surface area contributed by atoms with E-state index in [9.17, 15) is 13.6 Å². The molecule has 4 rings (SSSR count). The molecule has 0 aliphatic rings. The zero-order valence-electron chi connectivity index (χ0n) is 14.4. The van der Waals surface area contributed by atoms with Gasteiger partial charge in [-0.3, -0.25) is 0 Å². The number of carbonyl (C=O) groups is 1. The Kier molecular flexibility index (Phi) is 4.41. The molecule has 140 valence electrons. The van der Waals surface area contributed by atoms with Gasteiger partial charge in [-0.05, 0) is 42.5 Å². The second kappa shape index (κ2) is 7.03. The number of fused-ring (bicyclic) bond motifs is 1. The summed E-state index contributed by atoms with van der Waals surface area (Å²) >= 11 is 0. The van der Waals surface area contributed by atoms with Crippen LogP contribution in [-0.4, -0.2) is 16.1 Å². The number of halogens is 2. The fraction of sp³-hybridized carbons (Fsp3) is 0. The number of aromatic nitrogens is 1. The fourth-order valence-electron chi connectivity index (χ4n) is 2.84. The van der Waals surface area contributed by atoms with Crippen LogP contribution < -0.4 is 10.1 Å². The number of carboxylic acids is 1. The van der Waals surface area contributed by atoms with Gasteiger partial charge in [0.05, 0.1) is 5.52 Å². The molecule has 5 nitrogen and oxygen atoms in total. The van der Waals surface area contributed by atoms with Crippen LogP contribution in [0.4, 0.5) is 20.2 Å². The summed E-state index contributed by atoms with van der Waals surface area (Å²) < 4.78 is 33.9. The third-order valence-corrected chi connectivity index (χ3v) is 4.16. The topological polar surface area (TPSA) is 74.3 Å². The van der Waals surface area contributed by atoms with Crippen LogP contribution in [0.3, 0.4) is 0 Å². The van der Waals surface area contributed by atoms with Crippen LogP contribution >= 0.6 is 0 Å². The van der Waals surface area contributed by atoms with Crippen molar-refractivity contribution in [2.75, 3.05) is 5.32 Å². The van der Waals surface area contributed by atoms with Crippen molar-refractivity contribution in [1.29, 1.82) is 0 Å². The molecule has 0 aliphatic carbocycles. The molecule has 0 atom stereocenters. The van der Waals surface area contributed by atoms with Crippen LogP contribution in [0.25, 0.3) is 10.9 Å². The smallest absolute Gasteiger partial charge is 0.352 e. The largest absolute Gasteiger partial charge is 0.477 e. The van der Waals surface area contributed by atoms with E-state index < -0.39 is 17.6 Å². The molecule has 4 aromatic rings. The molecule has 28 heavy (non-hydrogen) atoms. The normalized spacial score (nSPS) is 10.8. The van der Waals surface area contributed by atoms with Crippen molar-refractivity contribution in [2.45, 2.75) is 0 Å². The molecule has 0 aliphatic heterocycles. The van der Waals surface area contributed by atoms with E-state index in [4.69, 9.17) is 9.84 Å². The van der Waals surface area contributed by atoms with E-state index in [1.807, 2.05) is 6.07 Å². The number of rotatable bonds is 5. The number of aromatic carboxylic acids is 1. The maximum Gasteiger partial charge on any atom is 0.352 e. The highest BCUT2D eigenvalue weighted by molar-refractivity contribution is 6.00. The molecular weight excluding hydrogens is 366 g/mol. The molecule has 3 N–H and O–H groups in total. The van der Waals surface area contributed by atoms with Crippen molar-refractivity contribution in [3.05, 3.63) is 84.1 Å². The number of anilines is 2. The lowest BCUT2D eigenvalue weighted by Gasteiger charge is -2.11. The Morgan fingerprint density at radius 1 is 0.964 bits per heavy atom. The van der Waals surface area contributed by atoms with Crippen molar-refractivity contribution < 1.29 is 23.4 Å². The Bertz CT molecular complexity index is 1170. The van der Waals surface area contributed by atoms with Gasteiger partial charge in [0.15, 0.2) is 11.6 Å². The molecule has 0 unspecified atom stereocenters. The number of nitrogens with one attached hydrogen (secondary N) is 2. The Morgan fingerprint density at radius 3 is 2.46 bits per heavy atom. The number of aromatic amines is 1. The minimum atomic E-state index is -1.20. The van der Waals surface area contributed by atoms with Gasteiger partial charge in [0, 0.05) is 22.8 Å². The average Bonchev–Trinajstić information content (AvgIpc) is 3.14. The molecule has 0 saturated heterocycles. The number of carboxylic acid groups (broad SMARTS) is 1. The van der Waals surface area contributed by atoms with Gasteiger partial charge >= 0.3 is 5.97 Å². The Morgan fingerprint density at radius 2 is 1.75 bits per heavy atom. The summed E-state index contributed by atoms with van der Waals surface area (Å²) in [4.78, 5) is 13.7. The molecule has 1 aromatic heterocycles. The molecule has 0 spiro atoms. The number of para-hydroxylation sites is 1. The summed E-state index contributed by atoms with van der Waals surface area (Å²) in [5.74, 6) is -1.78. The summed E-state index contributed by atoms with van der Waals surface area (Å²) in [6.07, 6.45) is 0. The second-order valence-electron chi connectivity index (χ2n) is 6.06. The summed E-state index contributed by atoms with van der Waals surface area (Å²) in [6.45, 7) is 0. The first-order chi connectivity index (χ1) is 13.5. The van der Waals surface area contributed by atoms with Gasteiger partial charge in [0.2, 0.25) is 0 Å². The van der Waals surface area contributed by atoms with E-state index in [-0.39, 0.29) is 17.0 Å². The lowest BCUT2D eigenvalue weighted by atomic mass is 10.2. The minimum Gasteiger partial charge on any atom is -0.477 e. The molecular formula is C21H14F2N2O3. The first-order valence-corrected chi connectivity index (χ1v) is 8.35. The van der Waals surface area contributed by atoms with E-state index >= 15 is 0 Å². The van der Waals surface area contributed by atoms with Gasteiger partial charge in [0.1, 0.15) is 17.3 Å². The van der Waals surface area contributed by atoms with Crippen LogP contribution in [-0.2, 0) is 0 Å². The van der Waals surface area contributed by atoms with Gasteiger partial charge in [-0.25, -0.2) is 13.6 Å². The predicted molar refractivity (Wildman–Crippen MR) is 101 cm³/mol. The van der Waals surface area contributed by atoms with Gasteiger partial charge < -0.3 is 20.1 Å². The Hall–Kier alpha value is -3.87. The lowest BCUT2D eigenvalue weighted by molar-refractivity contribution is 0.0691. The van der Waals surface area contributed by atoms with Crippen molar-refractivity contribution in [2.24, 2.45) is 0 Å². The highest BCUT2D eigenvalue weighted by atomic mass is 19.1. The standard InChI is InChI=1S/C21H14F2N2O3/c22-15-7-8-17(14-11-18(21(26)27)25-20(14)15)24-12-6-9-19(16(23)10-12)28-13-4-2-1-3-5-13/h1-11,24-25H,(H,26,27). The van der Waals surface area contributed by atoms with Crippen LogP contribution in [0.1, 0.15) is 10.5 Å². The third kappa shape index (κ3) is 3.37. The van der Waals surface area contributed by atoms with Crippen molar-refractivity contribution >= 4 is 28.2 Å². The van der Waals surface area contributed by atoms with Crippen LogP contribution in [0.15, 0.2) is 66.7 Å². The lowest BCUT2D eigenvalue weighted by Crippen LogP contribution is -1.95. The molecule has 3 aromatic carbocycles. The van der Waals surface area contributed by atoms with E-state index in [1.54, 1.807) is 30.3 Å². The van der Waals surface area contributed by atoms with Crippen LogP contribution in [0.5, 0.6) is 11.5 Å². The van der Waals surface area contributed by atoms with E-state index in [1.165, 1.54) is 30.3 Å². The first kappa shape index (κ1) is 17.5. The number of benzene rings is 3. The Balaban J connectivity index is 1.63. The summed E-state index contributed by atoms with van der Waals surface area (Å²) in [6, 6.07) is 17.2. The van der Waals surface area contributed by atoms with Gasteiger partial charge in [0.25, 0.3) is 0 Å². The van der Waals surface area contributed by atoms with Crippen LogP contribution in [0, 0.1) is 11.6 Å². The molecule has 0 radical (unpaired) electrons. The molecule has 0 saturated carbocycles. The molecule has 0 bridgehead atoms. The van der Waals surface area contributed by atoms with Crippen molar-refractivity contribution in [1.82, 2.24) is 4.98 Å². The number of H-pyrrole nitrogens is 1. The SMILES string of the molecule is O=C(O)c1cc2c(Nc3ccc(Oc4ccccc4)c(F)c3)ccc(F)c2[nH]1. The van der Waals surface area contributed by atoms with Crippen molar-refractivity contribution in [3.8, 4) is 11.5 Å². The number of hydrogen-bond donors (Lipinski definition) is 3. The maximum absolute atomic E-state index is 14.4. The average molecular weight is 380 g/mol. The maximum atomic E-state index is 14.4. The van der Waals surface area contributed by atoms with Gasteiger partial charge in [-0.2, -0.15) is 0 Å². The zero-order valence-corrected chi connectivity index (χ0v) is 14.4. The van der Waals surface area contributed by atoms with Gasteiger partial charge in [-0.15, -0.1) is 0 Å². The number of ether oxygens (including phenoxy) is 1. The quantitative estimate of drug-likeness (QED) is 0.416. The van der Waals surface area contributed by atoms with E-state index in [2.05, 4.69) is 10.3 Å². The van der Waals surface area contributed by atoms with Gasteiger partial charge in [-0.1, -0.05) is 18.2 Å². The summed E-state index contributed by atoms with van der Waals surface area (Å²) in [5, 5.41) is 12.4. The first-order valence-electron chi connectivity index (χ1n) is 8.35. The molecule has 1 heterocycles. The second-order valence-corrected chi connectivity index (χ2v) is 6.06. The highest BCUT2D eigenvalue weighted by Crippen LogP contribution is 2.32.